The Balaban J connectivity index is 1.92. The number of hydrogen-bond donors (Lipinski definition) is 4. The number of aliphatic hydroxyl groups is 1. The van der Waals surface area contributed by atoms with Crippen LogP contribution in [-0.2, 0) is 63.8 Å². The molecule has 7 amide bonds. The largest absolute Gasteiger partial charge is 0.497 e. The molecular weight excluding hydrogens is 1080 g/mol. The molecule has 3 heterocycles. The summed E-state index contributed by atoms with van der Waals surface area (Å²) in [7, 11) is 6.98. The lowest BCUT2D eigenvalue weighted by atomic mass is 9.92. The molecule has 3 fully saturated rings. The van der Waals surface area contributed by atoms with Crippen molar-refractivity contribution in [2.75, 3.05) is 40.6 Å². The normalized spacial score (nSPS) is 27.3. The molecule has 0 saturated carbocycles. The molecule has 0 bridgehead atoms. The van der Waals surface area contributed by atoms with Crippen LogP contribution in [-0.4, -0.2) is 190 Å². The van der Waals surface area contributed by atoms with Crippen molar-refractivity contribution in [2.45, 2.75) is 200 Å². The van der Waals surface area contributed by atoms with Gasteiger partial charge in [-0.1, -0.05) is 95.5 Å². The zero-order chi connectivity index (χ0) is 60.7. The first-order valence-corrected chi connectivity index (χ1v) is 31.2. The smallest absolute Gasteiger partial charge is 0.329 e. The molecule has 4 rings (SSSR count). The fourth-order valence-electron chi connectivity index (χ4n) is 10.7. The van der Waals surface area contributed by atoms with Crippen LogP contribution in [0, 0.1) is 29.6 Å². The highest BCUT2D eigenvalue weighted by Gasteiger charge is 2.46. The Labute approximate surface area is 486 Å². The van der Waals surface area contributed by atoms with E-state index in [4.69, 9.17) is 14.2 Å². The SMILES string of the molecule is CC[C@H](C)[C@@H]1NC(=O)[C@@H](NC(=O)[C@@H](CC(C)C)N(C)C(=O)[C@@H]2CCCN2C(=O)[C@H](C)O)[C@@H](C)OC(=O)[C@H](Cc2ccc(OC)cc2)N(C)C(=O)[C@@H]2CCCN2C(=O)[C@H](CC(C)C)NC(=O)[C@@H](C)C(=O)[C@H](C(C)C)OC(=O)C[C@H]1SSC. The fraction of sp³-hybridized carbons (Fsp3) is 0.724. The number of carbonyl (C=O) groups is 10. The Morgan fingerprint density at radius 1 is 0.877 bits per heavy atom. The van der Waals surface area contributed by atoms with Gasteiger partial charge in [-0.3, -0.25) is 43.2 Å². The number of likely N-dealkylation sites (N-methyl/N-ethyl adjacent to an activating group) is 2. The van der Waals surface area contributed by atoms with Crippen LogP contribution < -0.4 is 20.7 Å². The van der Waals surface area contributed by atoms with Crippen molar-refractivity contribution >= 4 is 80.7 Å². The van der Waals surface area contributed by atoms with Crippen molar-refractivity contribution < 1.29 is 67.3 Å². The van der Waals surface area contributed by atoms with Gasteiger partial charge in [0.05, 0.1) is 19.4 Å². The van der Waals surface area contributed by atoms with E-state index in [0.717, 1.165) is 0 Å². The van der Waals surface area contributed by atoms with E-state index >= 15 is 14.4 Å². The monoisotopic (exact) mass is 1170 g/mol. The first-order chi connectivity index (χ1) is 38.1. The number of nitrogens with zero attached hydrogens (tertiary/aromatic N) is 4. The third-order valence-corrected chi connectivity index (χ3v) is 17.9. The number of ketones is 1. The van der Waals surface area contributed by atoms with Crippen LogP contribution in [0.15, 0.2) is 24.3 Å². The van der Waals surface area contributed by atoms with Gasteiger partial charge in [0.25, 0.3) is 5.91 Å². The lowest BCUT2D eigenvalue weighted by Crippen LogP contribution is -2.62. The highest BCUT2D eigenvalue weighted by molar-refractivity contribution is 8.76. The summed E-state index contributed by atoms with van der Waals surface area (Å²) < 4.78 is 17.6. The number of amides is 7. The summed E-state index contributed by atoms with van der Waals surface area (Å²) >= 11 is 0. The second kappa shape index (κ2) is 31.3. The standard InChI is InChI=1S/C58H91N7O14S2/c1-16-34(8)47-45(81-80-15)30-46(67)79-50(33(6)7)49(68)35(9)51(69)59-40(27-31(2)3)55(73)65-26-18-20-42(65)57(75)63(13)44(29-38-21-23-39(77-14)24-22-38)58(76)78-37(11)48(53(71)60-47)61-52(70)43(28-32(4)5)62(12)56(74)41-19-17-25-64(41)54(72)36(10)66/h21-24,31-37,40-45,47-48,50,66H,16-20,25-30H2,1-15H3,(H,59,69)(H,60,71)(H,61,70)/t34-,35-,36-,37+,40-,41-,42-,43+,44-,45+,47-,48-,50-/m0/s1. The lowest BCUT2D eigenvalue weighted by Gasteiger charge is -2.37. The number of Topliss-reactive ketones (excluding diaryl/α,β-unsaturated/α-hetero) is 1. The predicted octanol–water partition coefficient (Wildman–Crippen LogP) is 4.34. The molecule has 0 aromatic heterocycles. The molecule has 4 N–H and O–H groups in total. The van der Waals surface area contributed by atoms with E-state index in [0.29, 0.717) is 37.0 Å². The summed E-state index contributed by atoms with van der Waals surface area (Å²) in [6.45, 7) is 19.1. The number of aliphatic hydroxyl groups excluding tert-OH is 1. The molecule has 3 saturated heterocycles. The van der Waals surface area contributed by atoms with E-state index in [1.165, 1.54) is 83.2 Å². The summed E-state index contributed by atoms with van der Waals surface area (Å²) in [6.07, 6.45) is -0.630. The third-order valence-electron chi connectivity index (χ3n) is 15.7. The molecule has 3 aliphatic rings. The topological polar surface area (TPSA) is 268 Å². The molecule has 81 heavy (non-hydrogen) atoms. The number of ether oxygens (including phenoxy) is 3. The number of likely N-dealkylation sites (tertiary alicyclic amines) is 1. The van der Waals surface area contributed by atoms with Crippen LogP contribution in [0.2, 0.25) is 0 Å². The maximum absolute atomic E-state index is 15.3. The average Bonchev–Trinajstić information content (AvgIpc) is 4.17. The average molecular weight is 1170 g/mol. The number of hydrogen-bond acceptors (Lipinski definition) is 16. The summed E-state index contributed by atoms with van der Waals surface area (Å²) in [4.78, 5) is 150. The van der Waals surface area contributed by atoms with Gasteiger partial charge in [0, 0.05) is 44.9 Å². The van der Waals surface area contributed by atoms with Crippen LogP contribution in [0.4, 0.5) is 0 Å². The Morgan fingerprint density at radius 3 is 2.09 bits per heavy atom. The number of cyclic esters (lactones) is 2. The summed E-state index contributed by atoms with van der Waals surface area (Å²) in [5, 5.41) is 18.2. The van der Waals surface area contributed by atoms with E-state index in [9.17, 15) is 38.7 Å². The summed E-state index contributed by atoms with van der Waals surface area (Å²) in [5.74, 6) is -9.12. The highest BCUT2D eigenvalue weighted by Crippen LogP contribution is 2.34. The van der Waals surface area contributed by atoms with Crippen LogP contribution in [0.5, 0.6) is 5.75 Å². The maximum Gasteiger partial charge on any atom is 0.329 e. The van der Waals surface area contributed by atoms with Gasteiger partial charge in [-0.05, 0) is 107 Å². The molecule has 3 aliphatic heterocycles. The molecule has 23 heteroatoms. The number of carbonyl (C=O) groups excluding carboxylic acids is 10. The first kappa shape index (κ1) is 68.1. The number of nitrogens with one attached hydrogen (secondary N) is 3. The zero-order valence-electron chi connectivity index (χ0n) is 50.2. The van der Waals surface area contributed by atoms with Gasteiger partial charge in [0.2, 0.25) is 35.4 Å². The Morgan fingerprint density at radius 2 is 1.52 bits per heavy atom. The zero-order valence-corrected chi connectivity index (χ0v) is 51.8. The van der Waals surface area contributed by atoms with E-state index < -0.39 is 137 Å². The highest BCUT2D eigenvalue weighted by atomic mass is 33.1. The number of methoxy groups -OCH3 is 1. The van der Waals surface area contributed by atoms with E-state index in [1.54, 1.807) is 44.4 Å². The van der Waals surface area contributed by atoms with Gasteiger partial charge in [0.1, 0.15) is 54.2 Å². The Kier molecular flexibility index (Phi) is 26.3. The van der Waals surface area contributed by atoms with Crippen molar-refractivity contribution in [3.05, 3.63) is 29.8 Å². The molecule has 0 unspecified atom stereocenters. The van der Waals surface area contributed by atoms with Crippen molar-refractivity contribution in [2.24, 2.45) is 29.6 Å². The molecular formula is C58H91N7O14S2. The molecule has 0 radical (unpaired) electrons. The number of benzene rings is 1. The second-order valence-corrected chi connectivity index (χ2v) is 25.9. The van der Waals surface area contributed by atoms with Crippen molar-refractivity contribution in [1.29, 1.82) is 0 Å². The predicted molar refractivity (Wildman–Crippen MR) is 309 cm³/mol. The quantitative estimate of drug-likeness (QED) is 0.0960. The molecule has 13 atom stereocenters. The fourth-order valence-corrected chi connectivity index (χ4v) is 12.9. The van der Waals surface area contributed by atoms with Gasteiger partial charge in [-0.2, -0.15) is 0 Å². The molecule has 1 aromatic rings. The number of esters is 2. The molecule has 0 spiro atoms. The molecule has 1 aromatic carbocycles. The van der Waals surface area contributed by atoms with Crippen LogP contribution in [0.1, 0.15) is 133 Å². The van der Waals surface area contributed by atoms with Gasteiger partial charge in [-0.25, -0.2) is 4.79 Å². The molecule has 454 valence electrons. The summed E-state index contributed by atoms with van der Waals surface area (Å²) in [6, 6.07) is -1.45. The van der Waals surface area contributed by atoms with Crippen LogP contribution in [0.25, 0.3) is 0 Å². The number of fused-ring (bicyclic) bond motifs is 1. The lowest BCUT2D eigenvalue weighted by molar-refractivity contribution is -0.162. The second-order valence-electron chi connectivity index (χ2n) is 23.2. The van der Waals surface area contributed by atoms with E-state index in [1.807, 2.05) is 41.5 Å². The minimum Gasteiger partial charge on any atom is -0.497 e. The Hall–Kier alpha value is -5.42. The Bertz CT molecular complexity index is 2370. The summed E-state index contributed by atoms with van der Waals surface area (Å²) in [5.41, 5.74) is 0.597. The minimum atomic E-state index is -1.67. The van der Waals surface area contributed by atoms with Gasteiger partial charge in [0.15, 0.2) is 11.9 Å². The van der Waals surface area contributed by atoms with Gasteiger partial charge < -0.3 is 54.9 Å². The minimum absolute atomic E-state index is 0.101. The van der Waals surface area contributed by atoms with E-state index in [-0.39, 0.29) is 62.9 Å². The molecule has 0 aliphatic carbocycles. The van der Waals surface area contributed by atoms with Gasteiger partial charge >= 0.3 is 11.9 Å². The van der Waals surface area contributed by atoms with Crippen molar-refractivity contribution in [3.8, 4) is 5.75 Å². The van der Waals surface area contributed by atoms with Crippen LogP contribution in [0.3, 0.4) is 0 Å². The van der Waals surface area contributed by atoms with E-state index in [2.05, 4.69) is 16.0 Å². The first-order valence-electron chi connectivity index (χ1n) is 28.6. The molecule has 21 nitrogen and oxygen atoms in total. The van der Waals surface area contributed by atoms with Crippen molar-refractivity contribution in [1.82, 2.24) is 35.6 Å². The maximum atomic E-state index is 15.3. The van der Waals surface area contributed by atoms with Gasteiger partial charge in [-0.15, -0.1) is 0 Å². The van der Waals surface area contributed by atoms with Crippen molar-refractivity contribution in [3.63, 3.8) is 0 Å². The number of rotatable bonds is 17. The van der Waals surface area contributed by atoms with Crippen LogP contribution >= 0.6 is 21.6 Å². The third kappa shape index (κ3) is 18.0.